The molecule has 1 atom stereocenters. The summed E-state index contributed by atoms with van der Waals surface area (Å²) in [7, 11) is 3.85. The number of hydrogen-bond donors (Lipinski definition) is 2. The maximum atomic E-state index is 9.76. The Morgan fingerprint density at radius 3 is 2.22 bits per heavy atom. The number of benzene rings is 1. The molecule has 0 aromatic heterocycles. The second kappa shape index (κ2) is 6.21. The Hall–Kier alpha value is -1.06. The maximum Gasteiger partial charge on any atom is 0.0838 e. The molecule has 3 nitrogen and oxygen atoms in total. The molecule has 0 amide bonds. The van der Waals surface area contributed by atoms with Crippen LogP contribution in [0.3, 0.4) is 0 Å². The van der Waals surface area contributed by atoms with Gasteiger partial charge in [0, 0.05) is 25.8 Å². The van der Waals surface area contributed by atoms with E-state index in [0.717, 1.165) is 5.69 Å². The average molecular weight is 250 g/mol. The van der Waals surface area contributed by atoms with E-state index in [0.29, 0.717) is 13.1 Å². The van der Waals surface area contributed by atoms with Crippen LogP contribution in [0, 0.1) is 0 Å². The zero-order valence-electron chi connectivity index (χ0n) is 12.2. The van der Waals surface area contributed by atoms with Gasteiger partial charge >= 0.3 is 0 Å². The van der Waals surface area contributed by atoms with Crippen LogP contribution in [0.15, 0.2) is 24.3 Å². The molecule has 2 N–H and O–H groups in total. The number of rotatable bonds is 5. The molecular weight excluding hydrogens is 224 g/mol. The van der Waals surface area contributed by atoms with Crippen LogP contribution in [0.5, 0.6) is 0 Å². The van der Waals surface area contributed by atoms with Crippen molar-refractivity contribution in [3.8, 4) is 0 Å². The molecule has 1 aromatic rings. The second-order valence-corrected chi connectivity index (χ2v) is 5.89. The predicted molar refractivity (Wildman–Crippen MR) is 78.3 cm³/mol. The standard InChI is InChI=1S/C15H26N2O/c1-15(2,3)12-6-8-13(9-7-12)17(5)11-14(18)10-16-4/h6-9,14,16,18H,10-11H2,1-5H3. The van der Waals surface area contributed by atoms with Crippen molar-refractivity contribution in [3.05, 3.63) is 29.8 Å². The van der Waals surface area contributed by atoms with Gasteiger partial charge in [-0.05, 0) is 30.2 Å². The van der Waals surface area contributed by atoms with Crippen molar-refractivity contribution in [1.82, 2.24) is 5.32 Å². The van der Waals surface area contributed by atoms with Crippen molar-refractivity contribution < 1.29 is 5.11 Å². The summed E-state index contributed by atoms with van der Waals surface area (Å²) >= 11 is 0. The molecular formula is C15H26N2O. The van der Waals surface area contributed by atoms with E-state index in [9.17, 15) is 5.11 Å². The molecule has 0 saturated heterocycles. The van der Waals surface area contributed by atoms with E-state index in [1.54, 1.807) is 0 Å². The van der Waals surface area contributed by atoms with E-state index in [2.05, 4.69) is 55.3 Å². The van der Waals surface area contributed by atoms with Crippen LogP contribution in [-0.4, -0.2) is 38.4 Å². The van der Waals surface area contributed by atoms with E-state index < -0.39 is 0 Å². The monoisotopic (exact) mass is 250 g/mol. The van der Waals surface area contributed by atoms with Crippen LogP contribution in [0.2, 0.25) is 0 Å². The fourth-order valence-electron chi connectivity index (χ4n) is 1.94. The summed E-state index contributed by atoms with van der Waals surface area (Å²) in [6.07, 6.45) is -0.345. The first-order valence-electron chi connectivity index (χ1n) is 6.49. The summed E-state index contributed by atoms with van der Waals surface area (Å²) in [5.41, 5.74) is 2.65. The third kappa shape index (κ3) is 4.31. The van der Waals surface area contributed by atoms with E-state index >= 15 is 0 Å². The highest BCUT2D eigenvalue weighted by molar-refractivity contribution is 5.48. The van der Waals surface area contributed by atoms with Gasteiger partial charge in [0.25, 0.3) is 0 Å². The fourth-order valence-corrected chi connectivity index (χ4v) is 1.94. The highest BCUT2D eigenvalue weighted by atomic mass is 16.3. The van der Waals surface area contributed by atoms with Crippen molar-refractivity contribution in [3.63, 3.8) is 0 Å². The number of aliphatic hydroxyl groups is 1. The van der Waals surface area contributed by atoms with E-state index in [1.165, 1.54) is 5.56 Å². The smallest absolute Gasteiger partial charge is 0.0838 e. The van der Waals surface area contributed by atoms with Crippen molar-refractivity contribution in [1.29, 1.82) is 0 Å². The third-order valence-corrected chi connectivity index (χ3v) is 3.10. The Morgan fingerprint density at radius 1 is 1.22 bits per heavy atom. The van der Waals surface area contributed by atoms with E-state index in [1.807, 2.05) is 14.1 Å². The van der Waals surface area contributed by atoms with Gasteiger partial charge in [-0.25, -0.2) is 0 Å². The minimum Gasteiger partial charge on any atom is -0.390 e. The minimum atomic E-state index is -0.345. The van der Waals surface area contributed by atoms with Crippen molar-refractivity contribution >= 4 is 5.69 Å². The van der Waals surface area contributed by atoms with Gasteiger partial charge in [0.1, 0.15) is 0 Å². The molecule has 0 bridgehead atoms. The predicted octanol–water partition coefficient (Wildman–Crippen LogP) is 2.00. The molecule has 0 heterocycles. The lowest BCUT2D eigenvalue weighted by molar-refractivity contribution is 0.181. The zero-order chi connectivity index (χ0) is 13.8. The number of hydrogen-bond acceptors (Lipinski definition) is 3. The Bertz CT molecular complexity index is 354. The van der Waals surface area contributed by atoms with Crippen molar-refractivity contribution in [2.45, 2.75) is 32.3 Å². The third-order valence-electron chi connectivity index (χ3n) is 3.10. The van der Waals surface area contributed by atoms with E-state index in [4.69, 9.17) is 0 Å². The van der Waals surface area contributed by atoms with Crippen LogP contribution in [0.4, 0.5) is 5.69 Å². The van der Waals surface area contributed by atoms with Gasteiger partial charge in [0.15, 0.2) is 0 Å². The van der Waals surface area contributed by atoms with Crippen LogP contribution < -0.4 is 10.2 Å². The first-order chi connectivity index (χ1) is 8.34. The number of likely N-dealkylation sites (N-methyl/N-ethyl adjacent to an activating group) is 2. The summed E-state index contributed by atoms with van der Waals surface area (Å²) < 4.78 is 0. The molecule has 0 aliphatic carbocycles. The molecule has 0 fully saturated rings. The Kier molecular flexibility index (Phi) is 5.17. The van der Waals surface area contributed by atoms with Crippen LogP contribution >= 0.6 is 0 Å². The normalized spacial score (nSPS) is 13.4. The average Bonchev–Trinajstić information content (AvgIpc) is 2.28. The topological polar surface area (TPSA) is 35.5 Å². The highest BCUT2D eigenvalue weighted by Gasteiger charge is 2.14. The Balaban J connectivity index is 2.67. The lowest BCUT2D eigenvalue weighted by atomic mass is 9.87. The minimum absolute atomic E-state index is 0.183. The lowest BCUT2D eigenvalue weighted by Crippen LogP contribution is -2.35. The molecule has 0 aliphatic rings. The summed E-state index contributed by atoms with van der Waals surface area (Å²) in [4.78, 5) is 2.08. The summed E-state index contributed by atoms with van der Waals surface area (Å²) in [6, 6.07) is 8.56. The maximum absolute atomic E-state index is 9.76. The molecule has 1 unspecified atom stereocenters. The van der Waals surface area contributed by atoms with Crippen molar-refractivity contribution in [2.75, 3.05) is 32.1 Å². The summed E-state index contributed by atoms with van der Waals surface area (Å²) in [6.45, 7) is 7.88. The largest absolute Gasteiger partial charge is 0.390 e. The van der Waals surface area contributed by atoms with Crippen molar-refractivity contribution in [2.24, 2.45) is 0 Å². The van der Waals surface area contributed by atoms with Gasteiger partial charge in [0.2, 0.25) is 0 Å². The number of anilines is 1. The zero-order valence-corrected chi connectivity index (χ0v) is 12.2. The molecule has 102 valence electrons. The lowest BCUT2D eigenvalue weighted by Gasteiger charge is -2.24. The number of nitrogens with one attached hydrogen (secondary N) is 1. The van der Waals surface area contributed by atoms with Gasteiger partial charge in [-0.15, -0.1) is 0 Å². The van der Waals surface area contributed by atoms with Crippen LogP contribution in [0.1, 0.15) is 26.3 Å². The first kappa shape index (κ1) is 15.0. The fraction of sp³-hybridized carbons (Fsp3) is 0.600. The first-order valence-corrected chi connectivity index (χ1v) is 6.49. The van der Waals surface area contributed by atoms with Gasteiger partial charge in [0.05, 0.1) is 6.10 Å². The van der Waals surface area contributed by atoms with Gasteiger partial charge in [-0.3, -0.25) is 0 Å². The molecule has 3 heteroatoms. The SMILES string of the molecule is CNCC(O)CN(C)c1ccc(C(C)(C)C)cc1. The number of nitrogens with zero attached hydrogens (tertiary/aromatic N) is 1. The summed E-state index contributed by atoms with van der Waals surface area (Å²) in [5, 5.41) is 12.7. The second-order valence-electron chi connectivity index (χ2n) is 5.89. The molecule has 1 aromatic carbocycles. The molecule has 0 radical (unpaired) electrons. The van der Waals surface area contributed by atoms with E-state index in [-0.39, 0.29) is 11.5 Å². The molecule has 0 spiro atoms. The molecule has 1 rings (SSSR count). The van der Waals surface area contributed by atoms with Crippen LogP contribution in [0.25, 0.3) is 0 Å². The number of aliphatic hydroxyl groups excluding tert-OH is 1. The van der Waals surface area contributed by atoms with Gasteiger partial charge in [-0.1, -0.05) is 32.9 Å². The molecule has 0 aliphatic heterocycles. The molecule has 18 heavy (non-hydrogen) atoms. The Morgan fingerprint density at radius 2 is 1.78 bits per heavy atom. The van der Waals surface area contributed by atoms with Gasteiger partial charge in [-0.2, -0.15) is 0 Å². The quantitative estimate of drug-likeness (QED) is 0.839. The van der Waals surface area contributed by atoms with Gasteiger partial charge < -0.3 is 15.3 Å². The highest BCUT2D eigenvalue weighted by Crippen LogP contribution is 2.24. The van der Waals surface area contributed by atoms with Crippen LogP contribution in [-0.2, 0) is 5.41 Å². The summed E-state index contributed by atoms with van der Waals surface area (Å²) in [5.74, 6) is 0. The Labute approximate surface area is 111 Å². The molecule has 0 saturated carbocycles.